The van der Waals surface area contributed by atoms with Crippen LogP contribution in [0.1, 0.15) is 25.3 Å². The smallest absolute Gasteiger partial charge is 0.321 e. The third-order valence-electron chi connectivity index (χ3n) is 5.39. The van der Waals surface area contributed by atoms with Crippen LogP contribution < -0.4 is 10.1 Å². The number of carboxylic acid groups (broad SMARTS) is 2. The molecule has 190 valence electrons. The number of aliphatic carboxylic acids is 2. The van der Waals surface area contributed by atoms with Crippen molar-refractivity contribution in [2.45, 2.75) is 32.3 Å². The van der Waals surface area contributed by atoms with Crippen molar-refractivity contribution in [2.75, 3.05) is 18.4 Å². The molecule has 0 aliphatic carbocycles. The van der Waals surface area contributed by atoms with Gasteiger partial charge in [-0.3, -0.25) is 9.59 Å². The zero-order valence-electron chi connectivity index (χ0n) is 19.5. The summed E-state index contributed by atoms with van der Waals surface area (Å²) >= 11 is 0. The lowest BCUT2D eigenvalue weighted by Crippen LogP contribution is -2.43. The normalized spacial score (nSPS) is 13.5. The van der Waals surface area contributed by atoms with Gasteiger partial charge in [-0.15, -0.1) is 0 Å². The van der Waals surface area contributed by atoms with Crippen molar-refractivity contribution in [3.63, 3.8) is 0 Å². The summed E-state index contributed by atoms with van der Waals surface area (Å²) in [6, 6.07) is 13.0. The zero-order chi connectivity index (χ0) is 26.2. The van der Waals surface area contributed by atoms with Gasteiger partial charge in [0.2, 0.25) is 0 Å². The molecular weight excluding hydrogens is 474 g/mol. The zero-order valence-corrected chi connectivity index (χ0v) is 19.5. The van der Waals surface area contributed by atoms with Gasteiger partial charge in [0.1, 0.15) is 23.5 Å². The Morgan fingerprint density at radius 2 is 1.67 bits per heavy atom. The van der Waals surface area contributed by atoms with E-state index in [-0.39, 0.29) is 18.6 Å². The van der Waals surface area contributed by atoms with Crippen LogP contribution in [0.25, 0.3) is 10.8 Å². The Bertz CT molecular complexity index is 1250. The lowest BCUT2D eigenvalue weighted by atomic mass is 10.0. The van der Waals surface area contributed by atoms with Gasteiger partial charge in [-0.05, 0) is 47.3 Å². The van der Waals surface area contributed by atoms with Gasteiger partial charge in [-0.1, -0.05) is 18.2 Å². The Morgan fingerprint density at radius 1 is 1.00 bits per heavy atom. The van der Waals surface area contributed by atoms with E-state index in [4.69, 9.17) is 19.7 Å². The molecule has 1 saturated heterocycles. The number of urea groups is 1. The molecular formula is C26H26F2N2O6. The fraction of sp³-hybridized carbons (Fsp3) is 0.269. The van der Waals surface area contributed by atoms with Crippen molar-refractivity contribution in [3.8, 4) is 5.75 Å². The van der Waals surface area contributed by atoms with E-state index in [1.807, 2.05) is 0 Å². The molecule has 3 aromatic rings. The van der Waals surface area contributed by atoms with Gasteiger partial charge >= 0.3 is 12.0 Å². The summed E-state index contributed by atoms with van der Waals surface area (Å²) in [7, 11) is 0. The van der Waals surface area contributed by atoms with Gasteiger partial charge in [-0.2, -0.15) is 0 Å². The second-order valence-electron chi connectivity index (χ2n) is 8.29. The van der Waals surface area contributed by atoms with E-state index in [0.717, 1.165) is 6.92 Å². The number of carboxylic acids is 2. The molecule has 4 rings (SSSR count). The lowest BCUT2D eigenvalue weighted by Gasteiger charge is -2.32. The third kappa shape index (κ3) is 7.66. The molecule has 0 radical (unpaired) electrons. The molecule has 0 unspecified atom stereocenters. The van der Waals surface area contributed by atoms with Crippen LogP contribution in [-0.2, 0) is 16.0 Å². The van der Waals surface area contributed by atoms with Crippen LogP contribution in [0.3, 0.4) is 0 Å². The summed E-state index contributed by atoms with van der Waals surface area (Å²) in [5.41, 5.74) is 0.954. The largest absolute Gasteiger partial charge is 0.490 e. The van der Waals surface area contributed by atoms with E-state index < -0.39 is 23.6 Å². The maximum atomic E-state index is 13.8. The second-order valence-corrected chi connectivity index (χ2v) is 8.29. The molecule has 3 aromatic carbocycles. The van der Waals surface area contributed by atoms with Crippen LogP contribution in [0.15, 0.2) is 54.6 Å². The summed E-state index contributed by atoms with van der Waals surface area (Å²) in [5.74, 6) is -2.20. The number of hydrogen-bond acceptors (Lipinski definition) is 4. The van der Waals surface area contributed by atoms with E-state index >= 15 is 0 Å². The van der Waals surface area contributed by atoms with E-state index in [9.17, 15) is 18.4 Å². The van der Waals surface area contributed by atoms with Gasteiger partial charge in [0.25, 0.3) is 5.97 Å². The van der Waals surface area contributed by atoms with Crippen molar-refractivity contribution in [1.29, 1.82) is 0 Å². The molecule has 0 saturated carbocycles. The van der Waals surface area contributed by atoms with Crippen LogP contribution in [0.4, 0.5) is 19.3 Å². The molecule has 10 heteroatoms. The number of halogens is 2. The minimum atomic E-state index is -0.963. The number of carbonyl (C=O) groups is 3. The Hall–Kier alpha value is -4.21. The topological polar surface area (TPSA) is 116 Å². The van der Waals surface area contributed by atoms with Gasteiger partial charge < -0.3 is 25.2 Å². The molecule has 2 amide bonds. The molecule has 1 aliphatic rings. The minimum absolute atomic E-state index is 0.164. The van der Waals surface area contributed by atoms with E-state index in [0.29, 0.717) is 53.7 Å². The van der Waals surface area contributed by atoms with Crippen LogP contribution in [-0.4, -0.2) is 52.3 Å². The maximum absolute atomic E-state index is 13.8. The van der Waals surface area contributed by atoms with Crippen LogP contribution in [0, 0.1) is 11.6 Å². The number of fused-ring (bicyclic) bond motifs is 1. The number of amides is 2. The quantitative estimate of drug-likeness (QED) is 0.458. The molecule has 1 aliphatic heterocycles. The van der Waals surface area contributed by atoms with Crippen molar-refractivity contribution >= 4 is 34.4 Å². The van der Waals surface area contributed by atoms with Crippen LogP contribution in [0.5, 0.6) is 5.75 Å². The van der Waals surface area contributed by atoms with Crippen molar-refractivity contribution < 1.29 is 38.1 Å². The lowest BCUT2D eigenvalue weighted by molar-refractivity contribution is -0.136. The monoisotopic (exact) mass is 500 g/mol. The first kappa shape index (κ1) is 26.4. The predicted octanol–water partition coefficient (Wildman–Crippen LogP) is 4.91. The Labute approximate surface area is 206 Å². The SMILES string of the molecule is CC(=O)O.O=C(O)Cc1cc(OC2CCN(C(=O)Nc3cccc(F)c3)CC2)c2cc(F)ccc2c1. The number of likely N-dealkylation sites (tertiary alicyclic amines) is 1. The molecule has 0 spiro atoms. The molecule has 8 nitrogen and oxygen atoms in total. The molecule has 1 heterocycles. The highest BCUT2D eigenvalue weighted by Gasteiger charge is 2.25. The summed E-state index contributed by atoms with van der Waals surface area (Å²) in [6.45, 7) is 1.96. The number of nitrogens with one attached hydrogen (secondary N) is 1. The van der Waals surface area contributed by atoms with E-state index in [1.54, 1.807) is 29.2 Å². The number of hydrogen-bond donors (Lipinski definition) is 3. The number of rotatable bonds is 5. The number of carbonyl (C=O) groups excluding carboxylic acids is 1. The highest BCUT2D eigenvalue weighted by atomic mass is 19.1. The molecule has 3 N–H and O–H groups in total. The molecule has 36 heavy (non-hydrogen) atoms. The molecule has 0 atom stereocenters. The maximum Gasteiger partial charge on any atom is 0.321 e. The Kier molecular flexibility index (Phi) is 8.77. The van der Waals surface area contributed by atoms with Crippen molar-refractivity contribution in [3.05, 3.63) is 71.8 Å². The number of piperidine rings is 1. The fourth-order valence-electron chi connectivity index (χ4n) is 3.85. The van der Waals surface area contributed by atoms with E-state index in [2.05, 4.69) is 5.32 Å². The third-order valence-corrected chi connectivity index (χ3v) is 5.39. The van der Waals surface area contributed by atoms with E-state index in [1.165, 1.54) is 30.3 Å². The minimum Gasteiger partial charge on any atom is -0.490 e. The van der Waals surface area contributed by atoms with Crippen LogP contribution >= 0.6 is 0 Å². The number of anilines is 1. The number of benzene rings is 3. The van der Waals surface area contributed by atoms with Gasteiger partial charge in [0.05, 0.1) is 6.42 Å². The van der Waals surface area contributed by atoms with Gasteiger partial charge in [-0.25, -0.2) is 13.6 Å². The average molecular weight is 500 g/mol. The summed E-state index contributed by atoms with van der Waals surface area (Å²) in [5, 5.41) is 20.5. The standard InChI is InChI=1S/C24H22F2N2O4.C2H4O2/c25-17-2-1-3-19(13-17)27-24(31)28-8-6-20(7-9-28)32-22-11-15(12-23(29)30)10-16-4-5-18(26)14-21(16)22;1-2(3)4/h1-5,10-11,13-14,20H,6-9,12H2,(H,27,31)(H,29,30);1H3,(H,3,4). The molecule has 0 bridgehead atoms. The molecule has 0 aromatic heterocycles. The number of ether oxygens (including phenoxy) is 1. The van der Waals surface area contributed by atoms with Crippen molar-refractivity contribution in [2.24, 2.45) is 0 Å². The highest BCUT2D eigenvalue weighted by Crippen LogP contribution is 2.31. The first-order chi connectivity index (χ1) is 17.1. The predicted molar refractivity (Wildman–Crippen MR) is 129 cm³/mol. The summed E-state index contributed by atoms with van der Waals surface area (Å²) in [6.07, 6.45) is 0.731. The van der Waals surface area contributed by atoms with Crippen LogP contribution in [0.2, 0.25) is 0 Å². The Morgan fingerprint density at radius 3 is 2.31 bits per heavy atom. The first-order valence-electron chi connectivity index (χ1n) is 11.2. The molecule has 1 fully saturated rings. The average Bonchev–Trinajstić information content (AvgIpc) is 2.79. The number of nitrogens with zero attached hydrogens (tertiary/aromatic N) is 1. The first-order valence-corrected chi connectivity index (χ1v) is 11.2. The fourth-order valence-corrected chi connectivity index (χ4v) is 3.85. The van der Waals surface area contributed by atoms with Crippen molar-refractivity contribution in [1.82, 2.24) is 4.90 Å². The summed E-state index contributed by atoms with van der Waals surface area (Å²) < 4.78 is 33.3. The highest BCUT2D eigenvalue weighted by molar-refractivity contribution is 5.90. The second kappa shape index (κ2) is 12.0. The summed E-state index contributed by atoms with van der Waals surface area (Å²) in [4.78, 5) is 34.2. The van der Waals surface area contributed by atoms with Gasteiger partial charge in [0, 0.05) is 43.9 Å². The van der Waals surface area contributed by atoms with Gasteiger partial charge in [0.15, 0.2) is 0 Å². The Balaban J connectivity index is 0.000000840.